The van der Waals surface area contributed by atoms with Gasteiger partial charge in [-0.1, -0.05) is 19.9 Å². The molecule has 156 valence electrons. The Bertz CT molecular complexity index is 902. The van der Waals surface area contributed by atoms with Crippen LogP contribution in [-0.4, -0.2) is 36.2 Å². The molecule has 0 aliphatic rings. The first-order valence-electron chi connectivity index (χ1n) is 9.44. The Balaban J connectivity index is 2.11. The van der Waals surface area contributed by atoms with Crippen molar-refractivity contribution in [2.45, 2.75) is 34.6 Å². The SMILES string of the molecule is CCOC(=O)c1c(C)[nH]c(C(=O)Nc2cccc(NC(=O)OCC(C)C)c2)c1C. The van der Waals surface area contributed by atoms with E-state index in [0.29, 0.717) is 34.8 Å². The average molecular weight is 401 g/mol. The lowest BCUT2D eigenvalue weighted by atomic mass is 10.1. The van der Waals surface area contributed by atoms with Crippen molar-refractivity contribution in [1.29, 1.82) is 0 Å². The summed E-state index contributed by atoms with van der Waals surface area (Å²) in [5, 5.41) is 5.38. The van der Waals surface area contributed by atoms with Crippen LogP contribution in [-0.2, 0) is 9.47 Å². The fourth-order valence-corrected chi connectivity index (χ4v) is 2.75. The van der Waals surface area contributed by atoms with E-state index < -0.39 is 18.0 Å². The average Bonchev–Trinajstić information content (AvgIpc) is 2.95. The number of hydrogen-bond donors (Lipinski definition) is 3. The number of rotatable bonds is 7. The molecule has 1 heterocycles. The molecule has 3 N–H and O–H groups in total. The summed E-state index contributed by atoms with van der Waals surface area (Å²) in [5.74, 6) is -0.636. The Hall–Kier alpha value is -3.29. The van der Waals surface area contributed by atoms with Crippen molar-refractivity contribution in [2.75, 3.05) is 23.8 Å². The number of ether oxygens (including phenoxy) is 2. The molecule has 2 aromatic rings. The van der Waals surface area contributed by atoms with Gasteiger partial charge in [0.1, 0.15) is 5.69 Å². The lowest BCUT2D eigenvalue weighted by Crippen LogP contribution is -2.17. The number of carbonyl (C=O) groups is 3. The Kier molecular flexibility index (Phi) is 7.41. The highest BCUT2D eigenvalue weighted by Crippen LogP contribution is 2.21. The predicted octanol–water partition coefficient (Wildman–Crippen LogP) is 4.27. The maximum atomic E-state index is 12.7. The van der Waals surface area contributed by atoms with Crippen LogP contribution in [0.4, 0.5) is 16.2 Å². The number of aryl methyl sites for hydroxylation is 1. The van der Waals surface area contributed by atoms with E-state index in [1.807, 2.05) is 13.8 Å². The molecule has 0 spiro atoms. The van der Waals surface area contributed by atoms with Crippen molar-refractivity contribution in [3.8, 4) is 0 Å². The predicted molar refractivity (Wildman–Crippen MR) is 110 cm³/mol. The van der Waals surface area contributed by atoms with Gasteiger partial charge in [0.2, 0.25) is 0 Å². The molecule has 0 unspecified atom stereocenters. The van der Waals surface area contributed by atoms with E-state index in [1.165, 1.54) is 0 Å². The fraction of sp³-hybridized carbons (Fsp3) is 0.381. The minimum atomic E-state index is -0.558. The van der Waals surface area contributed by atoms with Crippen LogP contribution in [0.25, 0.3) is 0 Å². The molecule has 0 aliphatic heterocycles. The lowest BCUT2D eigenvalue weighted by molar-refractivity contribution is 0.0525. The molecule has 0 fully saturated rings. The summed E-state index contributed by atoms with van der Waals surface area (Å²) in [6.07, 6.45) is -0.558. The monoisotopic (exact) mass is 401 g/mol. The van der Waals surface area contributed by atoms with E-state index in [9.17, 15) is 14.4 Å². The van der Waals surface area contributed by atoms with Gasteiger partial charge in [-0.3, -0.25) is 10.1 Å². The molecular formula is C21H27N3O5. The molecule has 2 amide bonds. The summed E-state index contributed by atoms with van der Waals surface area (Å²) >= 11 is 0. The van der Waals surface area contributed by atoms with Crippen molar-refractivity contribution in [1.82, 2.24) is 4.98 Å². The molecule has 29 heavy (non-hydrogen) atoms. The molecule has 0 bridgehead atoms. The second kappa shape index (κ2) is 9.77. The third kappa shape index (κ3) is 5.84. The molecule has 0 atom stereocenters. The number of benzene rings is 1. The number of aromatic amines is 1. The molecule has 0 aliphatic carbocycles. The van der Waals surface area contributed by atoms with Crippen LogP contribution >= 0.6 is 0 Å². The van der Waals surface area contributed by atoms with E-state index >= 15 is 0 Å². The van der Waals surface area contributed by atoms with Gasteiger partial charge in [-0.05, 0) is 50.5 Å². The number of nitrogens with one attached hydrogen (secondary N) is 3. The van der Waals surface area contributed by atoms with Gasteiger partial charge in [-0.2, -0.15) is 0 Å². The highest BCUT2D eigenvalue weighted by molar-refractivity contribution is 6.07. The van der Waals surface area contributed by atoms with E-state index in [1.54, 1.807) is 45.0 Å². The minimum absolute atomic E-state index is 0.235. The summed E-state index contributed by atoms with van der Waals surface area (Å²) < 4.78 is 10.1. The van der Waals surface area contributed by atoms with E-state index in [0.717, 1.165) is 0 Å². The van der Waals surface area contributed by atoms with Gasteiger partial charge in [0.15, 0.2) is 0 Å². The van der Waals surface area contributed by atoms with E-state index in [-0.39, 0.29) is 18.2 Å². The van der Waals surface area contributed by atoms with Gasteiger partial charge in [0, 0.05) is 17.1 Å². The Labute approximate surface area is 170 Å². The van der Waals surface area contributed by atoms with Crippen LogP contribution in [0.15, 0.2) is 24.3 Å². The highest BCUT2D eigenvalue weighted by Gasteiger charge is 2.23. The largest absolute Gasteiger partial charge is 0.462 e. The number of esters is 1. The van der Waals surface area contributed by atoms with Gasteiger partial charge in [0.25, 0.3) is 5.91 Å². The molecule has 1 aromatic carbocycles. The zero-order valence-electron chi connectivity index (χ0n) is 17.3. The van der Waals surface area contributed by atoms with Gasteiger partial charge in [-0.15, -0.1) is 0 Å². The summed E-state index contributed by atoms with van der Waals surface area (Å²) in [5.41, 5.74) is 2.70. The Morgan fingerprint density at radius 2 is 1.72 bits per heavy atom. The van der Waals surface area contributed by atoms with Gasteiger partial charge < -0.3 is 19.8 Å². The summed E-state index contributed by atoms with van der Waals surface area (Å²) in [6.45, 7) is 9.59. The maximum Gasteiger partial charge on any atom is 0.411 e. The number of aromatic nitrogens is 1. The standard InChI is InChI=1S/C21H27N3O5/c1-6-28-20(26)17-13(4)18(22-14(17)5)19(25)23-15-8-7-9-16(10-15)24-21(27)29-11-12(2)3/h7-10,12,22H,6,11H2,1-5H3,(H,23,25)(H,24,27). The number of carbonyl (C=O) groups excluding carboxylic acids is 3. The first-order chi connectivity index (χ1) is 13.7. The number of amides is 2. The van der Waals surface area contributed by atoms with Crippen LogP contribution in [0, 0.1) is 19.8 Å². The molecule has 1 aromatic heterocycles. The first kappa shape index (κ1) is 22.0. The molecule has 8 nitrogen and oxygen atoms in total. The Morgan fingerprint density at radius 3 is 2.34 bits per heavy atom. The Morgan fingerprint density at radius 1 is 1.07 bits per heavy atom. The van der Waals surface area contributed by atoms with Crippen molar-refractivity contribution in [2.24, 2.45) is 5.92 Å². The van der Waals surface area contributed by atoms with Crippen LogP contribution < -0.4 is 10.6 Å². The first-order valence-corrected chi connectivity index (χ1v) is 9.44. The zero-order chi connectivity index (χ0) is 21.6. The third-order valence-corrected chi connectivity index (χ3v) is 4.06. The van der Waals surface area contributed by atoms with Crippen LogP contribution in [0.1, 0.15) is 52.9 Å². The molecular weight excluding hydrogens is 374 g/mol. The van der Waals surface area contributed by atoms with Crippen molar-refractivity contribution < 1.29 is 23.9 Å². The maximum absolute atomic E-state index is 12.7. The van der Waals surface area contributed by atoms with Crippen molar-refractivity contribution in [3.63, 3.8) is 0 Å². The lowest BCUT2D eigenvalue weighted by Gasteiger charge is -2.10. The fourth-order valence-electron chi connectivity index (χ4n) is 2.75. The second-order valence-corrected chi connectivity index (χ2v) is 7.00. The normalized spacial score (nSPS) is 10.6. The van der Waals surface area contributed by atoms with Crippen LogP contribution in [0.5, 0.6) is 0 Å². The number of anilines is 2. The highest BCUT2D eigenvalue weighted by atomic mass is 16.5. The van der Waals surface area contributed by atoms with Gasteiger partial charge in [0.05, 0.1) is 18.8 Å². The molecule has 2 rings (SSSR count). The zero-order valence-corrected chi connectivity index (χ0v) is 17.3. The number of H-pyrrole nitrogens is 1. The van der Waals surface area contributed by atoms with Crippen LogP contribution in [0.3, 0.4) is 0 Å². The smallest absolute Gasteiger partial charge is 0.411 e. The summed E-state index contributed by atoms with van der Waals surface area (Å²) in [7, 11) is 0. The molecule has 0 saturated carbocycles. The second-order valence-electron chi connectivity index (χ2n) is 7.00. The molecule has 8 heteroatoms. The van der Waals surface area contributed by atoms with Crippen molar-refractivity contribution >= 4 is 29.3 Å². The summed E-state index contributed by atoms with van der Waals surface area (Å²) in [6, 6.07) is 6.70. The van der Waals surface area contributed by atoms with Gasteiger partial charge in [-0.25, -0.2) is 9.59 Å². The quantitative estimate of drug-likeness (QED) is 0.601. The van der Waals surface area contributed by atoms with Crippen molar-refractivity contribution in [3.05, 3.63) is 46.8 Å². The third-order valence-electron chi connectivity index (χ3n) is 4.06. The molecule has 0 saturated heterocycles. The number of hydrogen-bond acceptors (Lipinski definition) is 5. The van der Waals surface area contributed by atoms with E-state index in [2.05, 4.69) is 15.6 Å². The van der Waals surface area contributed by atoms with Crippen LogP contribution in [0.2, 0.25) is 0 Å². The minimum Gasteiger partial charge on any atom is -0.462 e. The topological polar surface area (TPSA) is 110 Å². The van der Waals surface area contributed by atoms with E-state index in [4.69, 9.17) is 9.47 Å². The van der Waals surface area contributed by atoms with Gasteiger partial charge >= 0.3 is 12.1 Å². The summed E-state index contributed by atoms with van der Waals surface area (Å²) in [4.78, 5) is 39.5. The molecule has 0 radical (unpaired) electrons.